The molecule has 0 radical (unpaired) electrons. The molecule has 2 aromatic heterocycles. The van der Waals surface area contributed by atoms with Crippen molar-refractivity contribution < 1.29 is 0 Å². The average Bonchev–Trinajstić information content (AvgIpc) is 2.81. The maximum atomic E-state index is 6.31. The zero-order chi connectivity index (χ0) is 13.2. The van der Waals surface area contributed by atoms with Crippen molar-refractivity contribution >= 4 is 44.3 Å². The van der Waals surface area contributed by atoms with Gasteiger partial charge in [0.1, 0.15) is 5.52 Å². The van der Waals surface area contributed by atoms with Crippen LogP contribution in [0.1, 0.15) is 19.3 Å². The molecular formula is C14H15BrClN3. The van der Waals surface area contributed by atoms with Crippen LogP contribution in [0.25, 0.3) is 11.0 Å². The van der Waals surface area contributed by atoms with Crippen LogP contribution in [0.3, 0.4) is 0 Å². The Bertz CT molecular complexity index is 590. The summed E-state index contributed by atoms with van der Waals surface area (Å²) in [5.74, 6) is 0.556. The number of nitrogens with one attached hydrogen (secondary N) is 1. The molecule has 100 valence electrons. The van der Waals surface area contributed by atoms with E-state index in [2.05, 4.69) is 31.2 Å². The Morgan fingerprint density at radius 1 is 1.37 bits per heavy atom. The highest BCUT2D eigenvalue weighted by Crippen LogP contribution is 2.31. The van der Waals surface area contributed by atoms with E-state index in [9.17, 15) is 0 Å². The highest BCUT2D eigenvalue weighted by Gasteiger charge is 2.24. The highest BCUT2D eigenvalue weighted by molar-refractivity contribution is 9.10. The number of fused-ring (bicyclic) bond motifs is 1. The van der Waals surface area contributed by atoms with Crippen LogP contribution in [0.4, 0.5) is 5.69 Å². The summed E-state index contributed by atoms with van der Waals surface area (Å²) in [6.45, 7) is 0.908. The second kappa shape index (κ2) is 5.63. The number of anilines is 1. The van der Waals surface area contributed by atoms with Crippen molar-refractivity contribution in [3.05, 3.63) is 29.0 Å². The van der Waals surface area contributed by atoms with Crippen molar-refractivity contribution in [2.45, 2.75) is 24.6 Å². The van der Waals surface area contributed by atoms with Crippen molar-refractivity contribution in [3.8, 4) is 0 Å². The van der Waals surface area contributed by atoms with Crippen molar-refractivity contribution in [2.24, 2.45) is 5.92 Å². The second-order valence-corrected chi connectivity index (χ2v) is 6.44. The van der Waals surface area contributed by atoms with E-state index >= 15 is 0 Å². The largest absolute Gasteiger partial charge is 0.383 e. The Morgan fingerprint density at radius 3 is 3.05 bits per heavy atom. The van der Waals surface area contributed by atoms with E-state index in [0.717, 1.165) is 34.2 Å². The molecule has 19 heavy (non-hydrogen) atoms. The molecule has 1 saturated carbocycles. The third kappa shape index (κ3) is 2.84. The summed E-state index contributed by atoms with van der Waals surface area (Å²) in [5, 5.41) is 3.79. The summed E-state index contributed by atoms with van der Waals surface area (Å²) in [4.78, 5) is 8.78. The van der Waals surface area contributed by atoms with Crippen LogP contribution in [0, 0.1) is 5.92 Å². The van der Waals surface area contributed by atoms with E-state index in [1.54, 1.807) is 6.20 Å². The SMILES string of the molecule is ClC1CCCC1CNc1ccnc2cc(Br)cnc12. The van der Waals surface area contributed by atoms with Crippen molar-refractivity contribution in [1.82, 2.24) is 9.97 Å². The van der Waals surface area contributed by atoms with Crippen LogP contribution in [0.2, 0.25) is 0 Å². The van der Waals surface area contributed by atoms with Gasteiger partial charge in [-0.2, -0.15) is 0 Å². The fourth-order valence-electron chi connectivity index (χ4n) is 2.61. The molecule has 1 N–H and O–H groups in total. The first kappa shape index (κ1) is 13.1. The Kier molecular flexibility index (Phi) is 3.89. The van der Waals surface area contributed by atoms with E-state index in [1.807, 2.05) is 18.3 Å². The first-order chi connectivity index (χ1) is 9.24. The third-order valence-corrected chi connectivity index (χ3v) is 4.67. The summed E-state index contributed by atoms with van der Waals surface area (Å²) in [7, 11) is 0. The molecule has 2 atom stereocenters. The van der Waals surface area contributed by atoms with Gasteiger partial charge in [-0.15, -0.1) is 11.6 Å². The van der Waals surface area contributed by atoms with Crippen LogP contribution < -0.4 is 5.32 Å². The molecule has 0 amide bonds. The predicted octanol–water partition coefficient (Wildman–Crippen LogP) is 4.21. The van der Waals surface area contributed by atoms with Gasteiger partial charge >= 0.3 is 0 Å². The fourth-order valence-corrected chi connectivity index (χ4v) is 3.30. The van der Waals surface area contributed by atoms with Gasteiger partial charge in [-0.3, -0.25) is 9.97 Å². The fraction of sp³-hybridized carbons (Fsp3) is 0.429. The molecule has 2 unspecified atom stereocenters. The molecule has 1 aliphatic carbocycles. The summed E-state index contributed by atoms with van der Waals surface area (Å²) >= 11 is 9.73. The lowest BCUT2D eigenvalue weighted by atomic mass is 10.1. The van der Waals surface area contributed by atoms with Crippen molar-refractivity contribution in [3.63, 3.8) is 0 Å². The number of halogens is 2. The van der Waals surface area contributed by atoms with Crippen molar-refractivity contribution in [1.29, 1.82) is 0 Å². The molecule has 0 bridgehead atoms. The molecule has 0 saturated heterocycles. The molecule has 0 aliphatic heterocycles. The first-order valence-electron chi connectivity index (χ1n) is 6.52. The maximum absolute atomic E-state index is 6.31. The smallest absolute Gasteiger partial charge is 0.112 e. The Balaban J connectivity index is 1.81. The lowest BCUT2D eigenvalue weighted by molar-refractivity contribution is 0.586. The molecule has 1 aliphatic rings. The Hall–Kier alpha value is -0.870. The number of pyridine rings is 2. The number of hydrogen-bond acceptors (Lipinski definition) is 3. The summed E-state index contributed by atoms with van der Waals surface area (Å²) in [6.07, 6.45) is 7.20. The van der Waals surface area contributed by atoms with Gasteiger partial charge in [-0.25, -0.2) is 0 Å². The van der Waals surface area contributed by atoms with Gasteiger partial charge in [0.05, 0.1) is 11.2 Å². The quantitative estimate of drug-likeness (QED) is 0.850. The normalized spacial score (nSPS) is 22.8. The number of rotatable bonds is 3. The maximum Gasteiger partial charge on any atom is 0.112 e. The molecule has 5 heteroatoms. The van der Waals surface area contributed by atoms with Crippen LogP contribution in [-0.4, -0.2) is 21.9 Å². The summed E-state index contributed by atoms with van der Waals surface area (Å²) in [6, 6.07) is 3.95. The molecule has 0 spiro atoms. The topological polar surface area (TPSA) is 37.8 Å². The zero-order valence-corrected chi connectivity index (χ0v) is 12.8. The monoisotopic (exact) mass is 339 g/mol. The van der Waals surface area contributed by atoms with E-state index < -0.39 is 0 Å². The van der Waals surface area contributed by atoms with Gasteiger partial charge < -0.3 is 5.32 Å². The van der Waals surface area contributed by atoms with Crippen LogP contribution in [0.15, 0.2) is 29.0 Å². The minimum Gasteiger partial charge on any atom is -0.383 e. The molecule has 3 rings (SSSR count). The number of alkyl halides is 1. The van der Waals surface area contributed by atoms with Gasteiger partial charge in [-0.1, -0.05) is 6.42 Å². The molecular weight excluding hydrogens is 326 g/mol. The minimum atomic E-state index is 0.308. The molecule has 1 fully saturated rings. The summed E-state index contributed by atoms with van der Waals surface area (Å²) < 4.78 is 0.946. The van der Waals surface area contributed by atoms with Crippen LogP contribution in [-0.2, 0) is 0 Å². The number of aromatic nitrogens is 2. The standard InChI is InChI=1S/C14H15BrClN3/c15-10-6-13-14(19-8-10)12(4-5-17-13)18-7-9-2-1-3-11(9)16/h4-6,8-9,11H,1-3,7H2,(H,17,18). The minimum absolute atomic E-state index is 0.308. The van der Waals surface area contributed by atoms with E-state index in [0.29, 0.717) is 11.3 Å². The van der Waals surface area contributed by atoms with Gasteiger partial charge in [0, 0.05) is 28.8 Å². The predicted molar refractivity (Wildman–Crippen MR) is 82.7 cm³/mol. The summed E-state index contributed by atoms with van der Waals surface area (Å²) in [5.41, 5.74) is 2.84. The van der Waals surface area contributed by atoms with Gasteiger partial charge in [0.15, 0.2) is 0 Å². The molecule has 2 aromatic rings. The highest BCUT2D eigenvalue weighted by atomic mass is 79.9. The average molecular weight is 341 g/mol. The Morgan fingerprint density at radius 2 is 2.26 bits per heavy atom. The van der Waals surface area contributed by atoms with E-state index in [1.165, 1.54) is 12.8 Å². The van der Waals surface area contributed by atoms with Gasteiger partial charge in [0.25, 0.3) is 0 Å². The number of hydrogen-bond donors (Lipinski definition) is 1. The van der Waals surface area contributed by atoms with Gasteiger partial charge in [0.2, 0.25) is 0 Å². The second-order valence-electron chi connectivity index (χ2n) is 4.97. The van der Waals surface area contributed by atoms with Crippen molar-refractivity contribution in [2.75, 3.05) is 11.9 Å². The zero-order valence-electron chi connectivity index (χ0n) is 10.4. The van der Waals surface area contributed by atoms with Crippen LogP contribution in [0.5, 0.6) is 0 Å². The Labute approximate surface area is 125 Å². The molecule has 3 nitrogen and oxygen atoms in total. The molecule has 0 aromatic carbocycles. The van der Waals surface area contributed by atoms with Gasteiger partial charge in [-0.05, 0) is 46.8 Å². The van der Waals surface area contributed by atoms with Crippen LogP contribution >= 0.6 is 27.5 Å². The number of nitrogens with zero attached hydrogens (tertiary/aromatic N) is 2. The van der Waals surface area contributed by atoms with E-state index in [-0.39, 0.29) is 0 Å². The molecule has 2 heterocycles. The third-order valence-electron chi connectivity index (χ3n) is 3.67. The lowest BCUT2D eigenvalue weighted by Crippen LogP contribution is -2.18. The first-order valence-corrected chi connectivity index (χ1v) is 7.75. The lowest BCUT2D eigenvalue weighted by Gasteiger charge is -2.16. The van der Waals surface area contributed by atoms with E-state index in [4.69, 9.17) is 11.6 Å².